The van der Waals surface area contributed by atoms with Gasteiger partial charge in [0.25, 0.3) is 5.91 Å². The van der Waals surface area contributed by atoms with Crippen LogP contribution in [0.5, 0.6) is 0 Å². The van der Waals surface area contributed by atoms with E-state index in [1.165, 1.54) is 11.8 Å². The van der Waals surface area contributed by atoms with E-state index in [1.54, 1.807) is 42.6 Å². The van der Waals surface area contributed by atoms with Crippen molar-refractivity contribution in [1.29, 1.82) is 0 Å². The highest BCUT2D eigenvalue weighted by Gasteiger charge is 2.10. The van der Waals surface area contributed by atoms with E-state index in [0.717, 1.165) is 4.90 Å². The summed E-state index contributed by atoms with van der Waals surface area (Å²) in [7, 11) is 0. The standard InChI is InChI=1S/C18H15N3O2S/c22-16(13-5-2-1-3-6-13)12-24-15-8-4-7-14(11-15)18(23)20-17-9-10-19-21-17/h1-11H,12H2,(H2,19,20,21,23). The minimum Gasteiger partial charge on any atom is -0.307 e. The van der Waals surface area contributed by atoms with Crippen molar-refractivity contribution >= 4 is 29.3 Å². The van der Waals surface area contributed by atoms with Gasteiger partial charge in [0, 0.05) is 22.1 Å². The third-order valence-corrected chi connectivity index (χ3v) is 4.30. The predicted molar refractivity (Wildman–Crippen MR) is 94.5 cm³/mol. The fourth-order valence-corrected chi connectivity index (χ4v) is 2.95. The van der Waals surface area contributed by atoms with Crippen LogP contribution in [-0.2, 0) is 0 Å². The summed E-state index contributed by atoms with van der Waals surface area (Å²) in [6.45, 7) is 0. The van der Waals surface area contributed by atoms with Crippen molar-refractivity contribution in [1.82, 2.24) is 10.2 Å². The van der Waals surface area contributed by atoms with Crippen molar-refractivity contribution in [3.63, 3.8) is 0 Å². The number of amides is 1. The van der Waals surface area contributed by atoms with Crippen molar-refractivity contribution in [2.45, 2.75) is 4.90 Å². The van der Waals surface area contributed by atoms with Gasteiger partial charge in [-0.2, -0.15) is 5.10 Å². The Bertz CT molecular complexity index is 832. The summed E-state index contributed by atoms with van der Waals surface area (Å²) in [5, 5.41) is 9.18. The van der Waals surface area contributed by atoms with Gasteiger partial charge in [-0.15, -0.1) is 11.8 Å². The number of nitrogens with one attached hydrogen (secondary N) is 2. The molecule has 2 aromatic carbocycles. The number of hydrogen-bond acceptors (Lipinski definition) is 4. The summed E-state index contributed by atoms with van der Waals surface area (Å²) in [6, 6.07) is 18.0. The largest absolute Gasteiger partial charge is 0.307 e. The zero-order chi connectivity index (χ0) is 16.8. The Morgan fingerprint density at radius 3 is 2.54 bits per heavy atom. The minimum atomic E-state index is -0.226. The van der Waals surface area contributed by atoms with Gasteiger partial charge in [-0.25, -0.2) is 0 Å². The molecule has 0 saturated carbocycles. The second kappa shape index (κ2) is 7.61. The molecule has 1 aromatic heterocycles. The Morgan fingerprint density at radius 2 is 1.79 bits per heavy atom. The zero-order valence-electron chi connectivity index (χ0n) is 12.7. The molecule has 120 valence electrons. The van der Waals surface area contributed by atoms with E-state index in [4.69, 9.17) is 0 Å². The molecule has 0 spiro atoms. The molecule has 0 saturated heterocycles. The molecule has 5 nitrogen and oxygen atoms in total. The normalized spacial score (nSPS) is 10.3. The lowest BCUT2D eigenvalue weighted by atomic mass is 10.2. The van der Waals surface area contributed by atoms with E-state index in [1.807, 2.05) is 24.3 Å². The number of nitrogens with zero attached hydrogens (tertiary/aromatic N) is 1. The second-order valence-corrected chi connectivity index (χ2v) is 6.08. The van der Waals surface area contributed by atoms with Crippen molar-refractivity contribution in [2.24, 2.45) is 0 Å². The van der Waals surface area contributed by atoms with Crippen LogP contribution in [0.3, 0.4) is 0 Å². The molecule has 0 fully saturated rings. The first-order valence-corrected chi connectivity index (χ1v) is 8.33. The molecular weight excluding hydrogens is 322 g/mol. The van der Waals surface area contributed by atoms with Gasteiger partial charge in [0.15, 0.2) is 5.78 Å². The quantitative estimate of drug-likeness (QED) is 0.532. The number of H-pyrrole nitrogens is 1. The Morgan fingerprint density at radius 1 is 1.00 bits per heavy atom. The number of aromatic nitrogens is 2. The van der Waals surface area contributed by atoms with Gasteiger partial charge in [0.2, 0.25) is 0 Å². The maximum atomic E-state index is 12.2. The first-order chi connectivity index (χ1) is 11.7. The number of hydrogen-bond donors (Lipinski definition) is 2. The van der Waals surface area contributed by atoms with E-state index >= 15 is 0 Å². The zero-order valence-corrected chi connectivity index (χ0v) is 13.5. The third kappa shape index (κ3) is 4.11. The maximum absolute atomic E-state index is 12.2. The average Bonchev–Trinajstić information content (AvgIpc) is 3.13. The first-order valence-electron chi connectivity index (χ1n) is 7.34. The van der Waals surface area contributed by atoms with Crippen LogP contribution in [0.15, 0.2) is 71.8 Å². The lowest BCUT2D eigenvalue weighted by Crippen LogP contribution is -2.12. The molecule has 3 rings (SSSR count). The lowest BCUT2D eigenvalue weighted by Gasteiger charge is -2.05. The van der Waals surface area contributed by atoms with Gasteiger partial charge in [-0.05, 0) is 18.2 Å². The van der Waals surface area contributed by atoms with Crippen LogP contribution < -0.4 is 5.32 Å². The molecular formula is C18H15N3O2S. The number of ketones is 1. The molecule has 2 N–H and O–H groups in total. The first kappa shape index (κ1) is 16.0. The van der Waals surface area contributed by atoms with E-state index < -0.39 is 0 Å². The van der Waals surface area contributed by atoms with Crippen LogP contribution in [0.1, 0.15) is 20.7 Å². The van der Waals surface area contributed by atoms with Crippen molar-refractivity contribution in [3.05, 3.63) is 78.0 Å². The van der Waals surface area contributed by atoms with Gasteiger partial charge in [0.05, 0.1) is 11.9 Å². The van der Waals surface area contributed by atoms with E-state index in [2.05, 4.69) is 15.5 Å². The summed E-state index contributed by atoms with van der Waals surface area (Å²) in [5.41, 5.74) is 1.22. The van der Waals surface area contributed by atoms with Crippen LogP contribution in [0.25, 0.3) is 0 Å². The van der Waals surface area contributed by atoms with Gasteiger partial charge in [-0.3, -0.25) is 14.7 Å². The number of aromatic amines is 1. The van der Waals surface area contributed by atoms with Crippen LogP contribution in [0.2, 0.25) is 0 Å². The summed E-state index contributed by atoms with van der Waals surface area (Å²) < 4.78 is 0. The van der Waals surface area contributed by atoms with Crippen LogP contribution in [0.4, 0.5) is 5.82 Å². The number of Topliss-reactive ketones (excluding diaryl/α,β-unsaturated/α-hetero) is 1. The fraction of sp³-hybridized carbons (Fsp3) is 0.0556. The summed E-state index contributed by atoms with van der Waals surface area (Å²) >= 11 is 1.41. The lowest BCUT2D eigenvalue weighted by molar-refractivity contribution is 0.101. The molecule has 0 aliphatic rings. The van der Waals surface area contributed by atoms with Gasteiger partial charge in [-0.1, -0.05) is 36.4 Å². The molecule has 0 atom stereocenters. The number of benzene rings is 2. The SMILES string of the molecule is O=C(CSc1cccc(C(=O)Nc2ccn[nH]2)c1)c1ccccc1. The molecule has 0 aliphatic carbocycles. The Hall–Kier alpha value is -2.86. The molecule has 1 heterocycles. The number of anilines is 1. The Kier molecular flexibility index (Phi) is 5.08. The predicted octanol–water partition coefficient (Wildman–Crippen LogP) is 3.64. The summed E-state index contributed by atoms with van der Waals surface area (Å²) in [6.07, 6.45) is 1.57. The number of rotatable bonds is 6. The van der Waals surface area contributed by atoms with E-state index in [9.17, 15) is 9.59 Å². The summed E-state index contributed by atoms with van der Waals surface area (Å²) in [5.74, 6) is 0.705. The average molecular weight is 337 g/mol. The van der Waals surface area contributed by atoms with Gasteiger partial charge in [0.1, 0.15) is 5.82 Å². The number of thioether (sulfide) groups is 1. The highest BCUT2D eigenvalue weighted by Crippen LogP contribution is 2.21. The monoisotopic (exact) mass is 337 g/mol. The molecule has 0 unspecified atom stereocenters. The van der Waals surface area contributed by atoms with Crippen LogP contribution in [-0.4, -0.2) is 27.6 Å². The molecule has 3 aromatic rings. The molecule has 0 radical (unpaired) electrons. The smallest absolute Gasteiger partial charge is 0.256 e. The van der Waals surface area contributed by atoms with Crippen LogP contribution >= 0.6 is 11.8 Å². The Labute approximate surface area is 143 Å². The fourth-order valence-electron chi connectivity index (χ4n) is 2.10. The maximum Gasteiger partial charge on any atom is 0.256 e. The molecule has 0 aliphatic heterocycles. The third-order valence-electron chi connectivity index (χ3n) is 3.31. The minimum absolute atomic E-state index is 0.0629. The summed E-state index contributed by atoms with van der Waals surface area (Å²) in [4.78, 5) is 25.2. The molecule has 0 bridgehead atoms. The highest BCUT2D eigenvalue weighted by molar-refractivity contribution is 8.00. The van der Waals surface area contributed by atoms with E-state index in [-0.39, 0.29) is 11.7 Å². The number of carbonyl (C=O) groups is 2. The van der Waals surface area contributed by atoms with Crippen molar-refractivity contribution in [2.75, 3.05) is 11.1 Å². The highest BCUT2D eigenvalue weighted by atomic mass is 32.2. The van der Waals surface area contributed by atoms with Gasteiger partial charge >= 0.3 is 0 Å². The number of carbonyl (C=O) groups excluding carboxylic acids is 2. The Balaban J connectivity index is 1.63. The van der Waals surface area contributed by atoms with Gasteiger partial charge < -0.3 is 5.32 Å². The second-order valence-electron chi connectivity index (χ2n) is 5.03. The van der Waals surface area contributed by atoms with Crippen molar-refractivity contribution in [3.8, 4) is 0 Å². The molecule has 24 heavy (non-hydrogen) atoms. The molecule has 1 amide bonds. The topological polar surface area (TPSA) is 74.8 Å². The van der Waals surface area contributed by atoms with Crippen molar-refractivity contribution < 1.29 is 9.59 Å². The molecule has 6 heteroatoms. The van der Waals surface area contributed by atoms with Crippen LogP contribution in [0, 0.1) is 0 Å². The van der Waals surface area contributed by atoms with E-state index in [0.29, 0.717) is 22.7 Å².